The maximum absolute atomic E-state index is 13.1. The van der Waals surface area contributed by atoms with Gasteiger partial charge in [0.2, 0.25) is 11.7 Å². The predicted octanol–water partition coefficient (Wildman–Crippen LogP) is 2.62. The summed E-state index contributed by atoms with van der Waals surface area (Å²) < 4.78 is 18.7. The Labute approximate surface area is 180 Å². The van der Waals surface area contributed by atoms with E-state index in [1.165, 1.54) is 16.9 Å². The van der Waals surface area contributed by atoms with Gasteiger partial charge in [0, 0.05) is 37.4 Å². The summed E-state index contributed by atoms with van der Waals surface area (Å²) in [6, 6.07) is 13.9. The van der Waals surface area contributed by atoms with E-state index < -0.39 is 0 Å². The van der Waals surface area contributed by atoms with Crippen LogP contribution >= 0.6 is 0 Å². The molecule has 1 fully saturated rings. The zero-order chi connectivity index (χ0) is 21.6. The molecule has 3 aromatic rings. The van der Waals surface area contributed by atoms with E-state index in [-0.39, 0.29) is 18.3 Å². The van der Waals surface area contributed by atoms with Crippen molar-refractivity contribution in [2.24, 2.45) is 0 Å². The third-order valence-corrected chi connectivity index (χ3v) is 5.14. The fraction of sp³-hybridized carbons (Fsp3) is 0.364. The van der Waals surface area contributed by atoms with Gasteiger partial charge in [-0.3, -0.25) is 4.79 Å². The second-order valence-electron chi connectivity index (χ2n) is 7.36. The maximum Gasteiger partial charge on any atom is 0.246 e. The van der Waals surface area contributed by atoms with E-state index in [0.717, 1.165) is 23.4 Å². The smallest absolute Gasteiger partial charge is 0.246 e. The highest BCUT2D eigenvalue weighted by Crippen LogP contribution is 2.19. The molecule has 4 rings (SSSR count). The topological polar surface area (TPSA) is 76.4 Å². The number of amides is 1. The largest absolute Gasteiger partial charge is 0.494 e. The Kier molecular flexibility index (Phi) is 6.40. The molecule has 31 heavy (non-hydrogen) atoms. The Hall–Kier alpha value is -3.49. The van der Waals surface area contributed by atoms with Gasteiger partial charge in [-0.25, -0.2) is 4.39 Å². The van der Waals surface area contributed by atoms with Crippen molar-refractivity contribution in [1.29, 1.82) is 0 Å². The second-order valence-corrected chi connectivity index (χ2v) is 7.36. The van der Waals surface area contributed by atoms with Crippen LogP contribution in [0.4, 0.5) is 10.1 Å². The Bertz CT molecular complexity index is 998. The van der Waals surface area contributed by atoms with Crippen LogP contribution in [0.25, 0.3) is 11.4 Å². The molecule has 8 nitrogen and oxygen atoms in total. The average molecular weight is 424 g/mol. The first-order chi connectivity index (χ1) is 15.1. The third-order valence-electron chi connectivity index (χ3n) is 5.14. The van der Waals surface area contributed by atoms with Crippen LogP contribution in [0, 0.1) is 5.82 Å². The zero-order valence-electron chi connectivity index (χ0n) is 17.4. The summed E-state index contributed by atoms with van der Waals surface area (Å²) >= 11 is 0. The van der Waals surface area contributed by atoms with Gasteiger partial charge < -0.3 is 14.5 Å². The zero-order valence-corrected chi connectivity index (χ0v) is 17.4. The quantitative estimate of drug-likeness (QED) is 0.580. The van der Waals surface area contributed by atoms with Gasteiger partial charge in [-0.1, -0.05) is 6.92 Å². The molecule has 0 bridgehead atoms. The average Bonchev–Trinajstić information content (AvgIpc) is 3.27. The van der Waals surface area contributed by atoms with Crippen LogP contribution in [-0.2, 0) is 11.3 Å². The monoisotopic (exact) mass is 424 g/mol. The van der Waals surface area contributed by atoms with Gasteiger partial charge in [-0.15, -0.1) is 10.2 Å². The minimum absolute atomic E-state index is 0.0429. The molecule has 0 atom stereocenters. The number of carbonyl (C=O) groups is 1. The number of aromatic nitrogens is 4. The van der Waals surface area contributed by atoms with Crippen molar-refractivity contribution in [2.75, 3.05) is 37.7 Å². The summed E-state index contributed by atoms with van der Waals surface area (Å²) in [6.45, 7) is 5.35. The van der Waals surface area contributed by atoms with Crippen molar-refractivity contribution in [3.05, 3.63) is 54.3 Å². The Morgan fingerprint density at radius 3 is 2.42 bits per heavy atom. The fourth-order valence-electron chi connectivity index (χ4n) is 3.43. The Balaban J connectivity index is 1.30. The molecule has 1 aromatic heterocycles. The molecule has 0 radical (unpaired) electrons. The molecule has 1 amide bonds. The molecule has 0 spiro atoms. The van der Waals surface area contributed by atoms with Gasteiger partial charge in [-0.05, 0) is 60.2 Å². The molecule has 162 valence electrons. The minimum Gasteiger partial charge on any atom is -0.494 e. The number of rotatable bonds is 7. The van der Waals surface area contributed by atoms with E-state index in [2.05, 4.69) is 27.2 Å². The number of hydrogen-bond donors (Lipinski definition) is 0. The van der Waals surface area contributed by atoms with Crippen LogP contribution in [0.2, 0.25) is 0 Å². The minimum atomic E-state index is -0.252. The summed E-state index contributed by atoms with van der Waals surface area (Å²) in [4.78, 5) is 17.9. The van der Waals surface area contributed by atoms with E-state index in [0.29, 0.717) is 38.6 Å². The SMILES string of the molecule is CCCOc1ccc(-c2nnn(CC(=O)N3CCN(c4ccc(F)cc4)CC3)n2)cc1. The van der Waals surface area contributed by atoms with Gasteiger partial charge in [0.25, 0.3) is 0 Å². The number of hydrogen-bond acceptors (Lipinski definition) is 6. The second kappa shape index (κ2) is 9.55. The Morgan fingerprint density at radius 1 is 1.03 bits per heavy atom. The van der Waals surface area contributed by atoms with Gasteiger partial charge >= 0.3 is 0 Å². The van der Waals surface area contributed by atoms with Crippen LogP contribution in [0.5, 0.6) is 5.75 Å². The summed E-state index contributed by atoms with van der Waals surface area (Å²) in [6.07, 6.45) is 0.951. The summed E-state index contributed by atoms with van der Waals surface area (Å²) in [5, 5.41) is 12.4. The molecule has 2 heterocycles. The molecule has 0 N–H and O–H groups in total. The number of ether oxygens (including phenoxy) is 1. The first kappa shape index (κ1) is 20.8. The first-order valence-electron chi connectivity index (χ1n) is 10.4. The molecule has 2 aromatic carbocycles. The number of halogens is 1. The molecule has 0 aliphatic carbocycles. The van der Waals surface area contributed by atoms with E-state index in [1.807, 2.05) is 24.3 Å². The van der Waals surface area contributed by atoms with Crippen molar-refractivity contribution >= 4 is 11.6 Å². The van der Waals surface area contributed by atoms with Gasteiger partial charge in [0.1, 0.15) is 18.1 Å². The number of piperazine rings is 1. The van der Waals surface area contributed by atoms with Crippen molar-refractivity contribution in [3.8, 4) is 17.1 Å². The van der Waals surface area contributed by atoms with E-state index in [4.69, 9.17) is 4.74 Å². The predicted molar refractivity (Wildman–Crippen MR) is 114 cm³/mol. The van der Waals surface area contributed by atoms with E-state index >= 15 is 0 Å². The van der Waals surface area contributed by atoms with Crippen molar-refractivity contribution < 1.29 is 13.9 Å². The lowest BCUT2D eigenvalue weighted by atomic mass is 10.2. The van der Waals surface area contributed by atoms with Crippen LogP contribution < -0.4 is 9.64 Å². The van der Waals surface area contributed by atoms with Gasteiger partial charge in [0.15, 0.2) is 0 Å². The molecule has 1 aliphatic heterocycles. The highest BCUT2D eigenvalue weighted by atomic mass is 19.1. The van der Waals surface area contributed by atoms with Crippen molar-refractivity contribution in [2.45, 2.75) is 19.9 Å². The van der Waals surface area contributed by atoms with E-state index in [1.54, 1.807) is 17.0 Å². The standard InChI is InChI=1S/C22H25FN6O2/c1-2-15-31-20-9-3-17(4-10-20)22-24-26-29(25-22)16-21(30)28-13-11-27(12-14-28)19-7-5-18(23)6-8-19/h3-10H,2,11-16H2,1H3. The van der Waals surface area contributed by atoms with Crippen LogP contribution in [0.1, 0.15) is 13.3 Å². The highest BCUT2D eigenvalue weighted by Gasteiger charge is 2.22. The number of nitrogens with zero attached hydrogens (tertiary/aromatic N) is 6. The van der Waals surface area contributed by atoms with Crippen LogP contribution in [0.15, 0.2) is 48.5 Å². The molecule has 0 unspecified atom stereocenters. The fourth-order valence-corrected chi connectivity index (χ4v) is 3.43. The molecule has 1 aliphatic rings. The normalized spacial score (nSPS) is 14.0. The number of anilines is 1. The number of carbonyl (C=O) groups excluding carboxylic acids is 1. The summed E-state index contributed by atoms with van der Waals surface area (Å²) in [5.74, 6) is 0.966. The van der Waals surface area contributed by atoms with E-state index in [9.17, 15) is 9.18 Å². The Morgan fingerprint density at radius 2 is 1.74 bits per heavy atom. The lowest BCUT2D eigenvalue weighted by Gasteiger charge is -2.36. The van der Waals surface area contributed by atoms with Crippen LogP contribution in [0.3, 0.4) is 0 Å². The van der Waals surface area contributed by atoms with Gasteiger partial charge in [0.05, 0.1) is 6.61 Å². The summed E-state index contributed by atoms with van der Waals surface area (Å²) in [5.41, 5.74) is 1.78. The highest BCUT2D eigenvalue weighted by molar-refractivity contribution is 5.76. The lowest BCUT2D eigenvalue weighted by molar-refractivity contribution is -0.132. The molecule has 9 heteroatoms. The molecule has 1 saturated heterocycles. The molecular weight excluding hydrogens is 399 g/mol. The molecular formula is C22H25FN6O2. The summed E-state index contributed by atoms with van der Waals surface area (Å²) in [7, 11) is 0. The maximum atomic E-state index is 13.1. The third kappa shape index (κ3) is 5.17. The number of benzene rings is 2. The van der Waals surface area contributed by atoms with Gasteiger partial charge in [-0.2, -0.15) is 4.80 Å². The first-order valence-corrected chi connectivity index (χ1v) is 10.4. The van der Waals surface area contributed by atoms with Crippen LogP contribution in [-0.4, -0.2) is 63.8 Å². The lowest BCUT2D eigenvalue weighted by Crippen LogP contribution is -2.49. The molecule has 0 saturated carbocycles. The number of tetrazole rings is 1. The van der Waals surface area contributed by atoms with Crippen molar-refractivity contribution in [3.63, 3.8) is 0 Å². The van der Waals surface area contributed by atoms with Crippen molar-refractivity contribution in [1.82, 2.24) is 25.1 Å².